The minimum absolute atomic E-state index is 0.0400. The topological polar surface area (TPSA) is 89.9 Å². The molecule has 0 spiro atoms. The molecule has 0 aromatic rings. The van der Waals surface area contributed by atoms with Gasteiger partial charge in [-0.1, -0.05) is 37.8 Å². The van der Waals surface area contributed by atoms with Gasteiger partial charge in [0.25, 0.3) is 0 Å². The van der Waals surface area contributed by atoms with E-state index >= 15 is 0 Å². The van der Waals surface area contributed by atoms with E-state index < -0.39 is 41.4 Å². The Hall–Kier alpha value is -2.47. The van der Waals surface area contributed by atoms with Crippen molar-refractivity contribution in [1.29, 1.82) is 0 Å². The largest absolute Gasteiger partial charge is 0.458 e. The summed E-state index contributed by atoms with van der Waals surface area (Å²) in [7, 11) is 0. The predicted molar refractivity (Wildman–Crippen MR) is 135 cm³/mol. The fourth-order valence-corrected chi connectivity index (χ4v) is 7.82. The van der Waals surface area contributed by atoms with Gasteiger partial charge in [0, 0.05) is 22.6 Å². The number of esters is 2. The first kappa shape index (κ1) is 25.2. The van der Waals surface area contributed by atoms with E-state index in [1.807, 2.05) is 6.92 Å². The zero-order valence-corrected chi connectivity index (χ0v) is 21.7. The van der Waals surface area contributed by atoms with Crippen molar-refractivity contribution in [3.8, 4) is 0 Å². The molecule has 6 nitrogen and oxygen atoms in total. The number of aliphatic hydroxyl groups is 1. The van der Waals surface area contributed by atoms with Crippen LogP contribution in [0, 0.1) is 29.1 Å². The third-order valence-corrected chi connectivity index (χ3v) is 10.1. The van der Waals surface area contributed by atoms with Gasteiger partial charge in [0.2, 0.25) is 5.78 Å². The average molecular weight is 495 g/mol. The Labute approximate surface area is 213 Å². The van der Waals surface area contributed by atoms with Gasteiger partial charge >= 0.3 is 11.9 Å². The second-order valence-corrected chi connectivity index (χ2v) is 12.3. The lowest BCUT2D eigenvalue weighted by Crippen LogP contribution is -2.49. The van der Waals surface area contributed by atoms with Crippen molar-refractivity contribution < 1.29 is 29.0 Å². The third-order valence-electron chi connectivity index (χ3n) is 10.1. The SMILES string of the molecule is C=C(C(=O)O[C@H]1C(=O)C2=C(C)CC[C@H]3C(=C)C(=O)O[C@@H]3[C@H]2[C@]1(C)O)[C@@H]1CC[C@@]2(C)CCCC(=C)[C@@H]2C1. The minimum atomic E-state index is -1.72. The maximum absolute atomic E-state index is 13.6. The maximum Gasteiger partial charge on any atom is 0.334 e. The molecule has 0 aromatic heterocycles. The molecule has 1 heterocycles. The Morgan fingerprint density at radius 3 is 2.58 bits per heavy atom. The summed E-state index contributed by atoms with van der Waals surface area (Å²) in [5.74, 6) is -2.27. The van der Waals surface area contributed by atoms with Gasteiger partial charge in [-0.3, -0.25) is 4.79 Å². The lowest BCUT2D eigenvalue weighted by atomic mass is 9.56. The molecule has 5 aliphatic rings. The monoisotopic (exact) mass is 494 g/mol. The number of fused-ring (bicyclic) bond motifs is 4. The van der Waals surface area contributed by atoms with Gasteiger partial charge in [-0.15, -0.1) is 0 Å². The van der Waals surface area contributed by atoms with Crippen molar-refractivity contribution in [2.24, 2.45) is 29.1 Å². The summed E-state index contributed by atoms with van der Waals surface area (Å²) in [6, 6.07) is 0. The molecule has 6 heteroatoms. The summed E-state index contributed by atoms with van der Waals surface area (Å²) in [5.41, 5.74) is 1.75. The molecule has 0 aromatic carbocycles. The zero-order valence-electron chi connectivity index (χ0n) is 21.7. The van der Waals surface area contributed by atoms with Gasteiger partial charge in [-0.05, 0) is 82.5 Å². The fraction of sp³-hybridized carbons (Fsp3) is 0.633. The summed E-state index contributed by atoms with van der Waals surface area (Å²) in [4.78, 5) is 39.2. The van der Waals surface area contributed by atoms with Gasteiger partial charge in [-0.2, -0.15) is 0 Å². The second kappa shape index (κ2) is 8.54. The molecule has 0 bridgehead atoms. The van der Waals surface area contributed by atoms with Gasteiger partial charge in [0.05, 0.1) is 5.92 Å². The Kier molecular flexibility index (Phi) is 5.98. The molecule has 0 amide bonds. The van der Waals surface area contributed by atoms with Crippen molar-refractivity contribution in [3.63, 3.8) is 0 Å². The molecule has 3 saturated carbocycles. The molecule has 0 unspecified atom stereocenters. The van der Waals surface area contributed by atoms with Crippen LogP contribution in [0.4, 0.5) is 0 Å². The number of hydrogen-bond acceptors (Lipinski definition) is 6. The van der Waals surface area contributed by atoms with E-state index in [9.17, 15) is 19.5 Å². The van der Waals surface area contributed by atoms with Crippen LogP contribution < -0.4 is 0 Å². The first-order valence-corrected chi connectivity index (χ1v) is 13.3. The zero-order chi connectivity index (χ0) is 26.2. The Morgan fingerprint density at radius 2 is 1.86 bits per heavy atom. The highest BCUT2D eigenvalue weighted by Gasteiger charge is 2.64. The number of carbonyl (C=O) groups excluding carboxylic acids is 3. The summed E-state index contributed by atoms with van der Waals surface area (Å²) < 4.78 is 11.4. The Morgan fingerprint density at radius 1 is 1.14 bits per heavy atom. The van der Waals surface area contributed by atoms with Crippen LogP contribution >= 0.6 is 0 Å². The molecule has 1 aliphatic heterocycles. The number of ether oxygens (including phenoxy) is 2. The van der Waals surface area contributed by atoms with Crippen molar-refractivity contribution in [2.75, 3.05) is 0 Å². The standard InChI is InChI=1S/C30H38O6/c1-15-8-7-12-29(5)13-11-19(14-21(15)29)17(3)27(32)36-26-24(31)22-16(2)9-10-20-18(4)28(33)35-25(20)23(22)30(26,6)34/h19-21,23,25-26,34H,1,3-4,7-14H2,2,5-6H3/t19-,20+,21+,23+,25+,26+,29-,30+/m1/s1. The van der Waals surface area contributed by atoms with E-state index in [2.05, 4.69) is 26.7 Å². The van der Waals surface area contributed by atoms with Crippen LogP contribution in [0.2, 0.25) is 0 Å². The van der Waals surface area contributed by atoms with Crippen LogP contribution in [0.3, 0.4) is 0 Å². The van der Waals surface area contributed by atoms with E-state index in [0.29, 0.717) is 35.5 Å². The van der Waals surface area contributed by atoms with Crippen LogP contribution in [0.5, 0.6) is 0 Å². The summed E-state index contributed by atoms with van der Waals surface area (Å²) >= 11 is 0. The number of rotatable bonds is 3. The molecular weight excluding hydrogens is 456 g/mol. The van der Waals surface area contributed by atoms with Crippen molar-refractivity contribution >= 4 is 17.7 Å². The predicted octanol–water partition coefficient (Wildman–Crippen LogP) is 4.78. The van der Waals surface area contributed by atoms with Crippen molar-refractivity contribution in [3.05, 3.63) is 47.6 Å². The van der Waals surface area contributed by atoms with E-state index in [1.165, 1.54) is 25.3 Å². The molecule has 0 radical (unpaired) electrons. The van der Waals surface area contributed by atoms with Gasteiger partial charge in [0.15, 0.2) is 6.10 Å². The second-order valence-electron chi connectivity index (χ2n) is 12.3. The first-order chi connectivity index (χ1) is 16.9. The molecule has 8 atom stereocenters. The van der Waals surface area contributed by atoms with Crippen LogP contribution in [-0.4, -0.2) is 40.6 Å². The van der Waals surface area contributed by atoms with Crippen LogP contribution in [0.25, 0.3) is 0 Å². The molecule has 194 valence electrons. The van der Waals surface area contributed by atoms with E-state index in [1.54, 1.807) is 0 Å². The first-order valence-electron chi connectivity index (χ1n) is 13.3. The maximum atomic E-state index is 13.6. The molecule has 4 aliphatic carbocycles. The number of carbonyl (C=O) groups is 3. The Bertz CT molecular complexity index is 1110. The van der Waals surface area contributed by atoms with E-state index in [4.69, 9.17) is 9.47 Å². The lowest BCUT2D eigenvalue weighted by Gasteiger charge is -2.49. The molecular formula is C30H38O6. The van der Waals surface area contributed by atoms with Gasteiger partial charge in [0.1, 0.15) is 11.7 Å². The van der Waals surface area contributed by atoms with Crippen molar-refractivity contribution in [2.45, 2.75) is 89.9 Å². The normalized spacial score (nSPS) is 42.3. The molecule has 1 saturated heterocycles. The number of allylic oxidation sites excluding steroid dienone is 2. The molecule has 36 heavy (non-hydrogen) atoms. The highest BCUT2D eigenvalue weighted by atomic mass is 16.6. The smallest absolute Gasteiger partial charge is 0.334 e. The van der Waals surface area contributed by atoms with E-state index in [0.717, 1.165) is 31.3 Å². The van der Waals surface area contributed by atoms with Crippen LogP contribution in [-0.2, 0) is 23.9 Å². The summed E-state index contributed by atoms with van der Waals surface area (Å²) in [6.45, 7) is 18.0. The van der Waals surface area contributed by atoms with E-state index in [-0.39, 0.29) is 17.3 Å². The van der Waals surface area contributed by atoms with Gasteiger partial charge in [-0.25, -0.2) is 9.59 Å². The summed E-state index contributed by atoms with van der Waals surface area (Å²) in [5, 5.41) is 11.7. The molecule has 1 N–H and O–H groups in total. The molecule has 5 rings (SSSR count). The minimum Gasteiger partial charge on any atom is -0.458 e. The van der Waals surface area contributed by atoms with Crippen LogP contribution in [0.15, 0.2) is 47.6 Å². The van der Waals surface area contributed by atoms with Crippen molar-refractivity contribution in [1.82, 2.24) is 0 Å². The number of ketones is 1. The average Bonchev–Trinajstić information content (AvgIpc) is 3.12. The highest BCUT2D eigenvalue weighted by molar-refractivity contribution is 6.06. The lowest BCUT2D eigenvalue weighted by molar-refractivity contribution is -0.169. The Balaban J connectivity index is 1.36. The van der Waals surface area contributed by atoms with Crippen LogP contribution in [0.1, 0.15) is 72.1 Å². The summed E-state index contributed by atoms with van der Waals surface area (Å²) in [6.07, 6.45) is 5.17. The molecule has 4 fully saturated rings. The number of Topliss-reactive ketones (excluding diaryl/α,β-unsaturated/α-hetero) is 1. The van der Waals surface area contributed by atoms with Gasteiger partial charge < -0.3 is 14.6 Å². The number of hydrogen-bond donors (Lipinski definition) is 1. The fourth-order valence-electron chi connectivity index (χ4n) is 7.82. The third kappa shape index (κ3) is 3.67. The highest BCUT2D eigenvalue weighted by Crippen LogP contribution is 2.55. The quantitative estimate of drug-likeness (QED) is 0.345.